The molecule has 2 fully saturated rings. The van der Waals surface area contributed by atoms with Gasteiger partial charge in [-0.15, -0.1) is 0 Å². The quantitative estimate of drug-likeness (QED) is 0.468. The molecule has 0 aliphatic heterocycles. The van der Waals surface area contributed by atoms with E-state index in [1.54, 1.807) is 7.11 Å². The Morgan fingerprint density at radius 1 is 0.846 bits per heavy atom. The Balaban J connectivity index is 0.000000180. The highest BCUT2D eigenvalue weighted by Gasteiger charge is 2.29. The fraction of sp³-hybridized carbons (Fsp3) is 0.556. The highest BCUT2D eigenvalue weighted by Crippen LogP contribution is 2.44. The predicted molar refractivity (Wildman–Crippen MR) is 111 cm³/mol. The van der Waals surface area contributed by atoms with Gasteiger partial charge in [0.1, 0.15) is 21.3 Å². The zero-order chi connectivity index (χ0) is 18.1. The summed E-state index contributed by atoms with van der Waals surface area (Å²) in [5.41, 5.74) is 2.18. The minimum Gasteiger partial charge on any atom is -0.480 e. The van der Waals surface area contributed by atoms with Gasteiger partial charge in [0.15, 0.2) is 0 Å². The van der Waals surface area contributed by atoms with E-state index in [0.29, 0.717) is 22.9 Å². The number of hydrogen-bond donors (Lipinski definition) is 0. The van der Waals surface area contributed by atoms with Gasteiger partial charge in [-0.2, -0.15) is 4.98 Å². The van der Waals surface area contributed by atoms with Crippen molar-refractivity contribution >= 4 is 43.5 Å². The standard InChI is InChI=1S/C9H11BrN2O.C8H8BrClN2.CH4/c1-5-11-8(6-3-4-6)7(10)9(12-5)13-2;1-4-11-7(5-2-3-5)6(9)8(10)12-4;/h6H,3-4H2,1-2H3;5H,2-3H2,1H3;1H4. The van der Waals surface area contributed by atoms with Crippen molar-refractivity contribution in [3.63, 3.8) is 0 Å². The molecule has 0 aromatic carbocycles. The second kappa shape index (κ2) is 8.93. The van der Waals surface area contributed by atoms with Crippen LogP contribution < -0.4 is 4.74 Å². The molecule has 2 aromatic heterocycles. The number of aryl methyl sites for hydroxylation is 2. The number of nitrogens with zero attached hydrogens (tertiary/aromatic N) is 4. The molecule has 0 saturated heterocycles. The van der Waals surface area contributed by atoms with E-state index >= 15 is 0 Å². The van der Waals surface area contributed by atoms with Crippen LogP contribution in [0.5, 0.6) is 5.88 Å². The summed E-state index contributed by atoms with van der Waals surface area (Å²) in [7, 11) is 1.63. The Kier molecular flexibility index (Phi) is 7.39. The monoisotopic (exact) mass is 504 g/mol. The molecule has 2 heterocycles. The summed E-state index contributed by atoms with van der Waals surface area (Å²) >= 11 is 12.8. The van der Waals surface area contributed by atoms with Crippen LogP contribution in [0.4, 0.5) is 0 Å². The minimum absolute atomic E-state index is 0. The summed E-state index contributed by atoms with van der Waals surface area (Å²) in [4.78, 5) is 17.0. The largest absolute Gasteiger partial charge is 0.480 e. The van der Waals surface area contributed by atoms with Gasteiger partial charge in [-0.05, 0) is 71.4 Å². The number of methoxy groups -OCH3 is 1. The van der Waals surface area contributed by atoms with E-state index in [9.17, 15) is 0 Å². The van der Waals surface area contributed by atoms with Crippen LogP contribution in [0.25, 0.3) is 0 Å². The third-order valence-electron chi connectivity index (χ3n) is 4.03. The van der Waals surface area contributed by atoms with Crippen LogP contribution in [-0.4, -0.2) is 27.0 Å². The summed E-state index contributed by atoms with van der Waals surface area (Å²) in [6.45, 7) is 3.76. The molecule has 4 rings (SSSR count). The van der Waals surface area contributed by atoms with Crippen LogP contribution in [0.2, 0.25) is 5.15 Å². The molecule has 0 unspecified atom stereocenters. The molecule has 5 nitrogen and oxygen atoms in total. The van der Waals surface area contributed by atoms with E-state index in [0.717, 1.165) is 32.0 Å². The van der Waals surface area contributed by atoms with Gasteiger partial charge in [-0.25, -0.2) is 15.0 Å². The van der Waals surface area contributed by atoms with E-state index in [-0.39, 0.29) is 7.43 Å². The third-order valence-corrected chi connectivity index (χ3v) is 6.06. The lowest BCUT2D eigenvalue weighted by Crippen LogP contribution is -1.99. The maximum Gasteiger partial charge on any atom is 0.231 e. The van der Waals surface area contributed by atoms with Crippen LogP contribution in [0.3, 0.4) is 0 Å². The van der Waals surface area contributed by atoms with Gasteiger partial charge >= 0.3 is 0 Å². The van der Waals surface area contributed by atoms with Crippen LogP contribution >= 0.6 is 43.5 Å². The van der Waals surface area contributed by atoms with E-state index in [1.807, 2.05) is 13.8 Å². The molecule has 26 heavy (non-hydrogen) atoms. The molecule has 0 bridgehead atoms. The normalized spacial score (nSPS) is 15.6. The van der Waals surface area contributed by atoms with Gasteiger partial charge in [0.05, 0.1) is 23.0 Å². The number of hydrogen-bond acceptors (Lipinski definition) is 5. The van der Waals surface area contributed by atoms with Crippen molar-refractivity contribution < 1.29 is 4.74 Å². The lowest BCUT2D eigenvalue weighted by molar-refractivity contribution is 0.391. The van der Waals surface area contributed by atoms with E-state index in [1.165, 1.54) is 25.7 Å². The van der Waals surface area contributed by atoms with Crippen molar-refractivity contribution in [3.05, 3.63) is 37.1 Å². The van der Waals surface area contributed by atoms with Crippen LogP contribution in [-0.2, 0) is 0 Å². The van der Waals surface area contributed by atoms with E-state index in [4.69, 9.17) is 16.3 Å². The molecular weight excluding hydrogens is 483 g/mol. The van der Waals surface area contributed by atoms with E-state index < -0.39 is 0 Å². The highest BCUT2D eigenvalue weighted by atomic mass is 79.9. The highest BCUT2D eigenvalue weighted by molar-refractivity contribution is 9.11. The first-order chi connectivity index (χ1) is 11.9. The van der Waals surface area contributed by atoms with Crippen molar-refractivity contribution in [1.29, 1.82) is 0 Å². The molecule has 0 N–H and O–H groups in total. The average molecular weight is 507 g/mol. The summed E-state index contributed by atoms with van der Waals surface area (Å²) in [5.74, 6) is 3.41. The van der Waals surface area contributed by atoms with Gasteiger partial charge in [-0.3, -0.25) is 0 Å². The summed E-state index contributed by atoms with van der Waals surface area (Å²) in [5, 5.41) is 0.532. The lowest BCUT2D eigenvalue weighted by atomic mass is 10.3. The first-order valence-corrected chi connectivity index (χ1v) is 10.1. The van der Waals surface area contributed by atoms with Crippen molar-refractivity contribution in [1.82, 2.24) is 19.9 Å². The second-order valence-electron chi connectivity index (χ2n) is 6.29. The fourth-order valence-electron chi connectivity index (χ4n) is 2.49. The first kappa shape index (κ1) is 21.5. The second-order valence-corrected chi connectivity index (χ2v) is 8.23. The topological polar surface area (TPSA) is 60.8 Å². The Morgan fingerprint density at radius 2 is 1.31 bits per heavy atom. The lowest BCUT2D eigenvalue weighted by Gasteiger charge is -2.07. The molecule has 0 spiro atoms. The number of halogens is 3. The van der Waals surface area contributed by atoms with E-state index in [2.05, 4.69) is 51.8 Å². The molecule has 2 saturated carbocycles. The van der Waals surface area contributed by atoms with Gasteiger partial charge in [0, 0.05) is 11.8 Å². The zero-order valence-electron chi connectivity index (χ0n) is 14.3. The van der Waals surface area contributed by atoms with Crippen molar-refractivity contribution in [3.8, 4) is 5.88 Å². The van der Waals surface area contributed by atoms with Gasteiger partial charge < -0.3 is 4.74 Å². The van der Waals surface area contributed by atoms with Crippen LogP contribution in [0.1, 0.15) is 68.0 Å². The molecule has 2 aliphatic rings. The van der Waals surface area contributed by atoms with Crippen LogP contribution in [0, 0.1) is 13.8 Å². The molecule has 0 amide bonds. The number of ether oxygens (including phenoxy) is 1. The van der Waals surface area contributed by atoms with Crippen molar-refractivity contribution in [2.75, 3.05) is 7.11 Å². The molecule has 8 heteroatoms. The maximum absolute atomic E-state index is 5.89. The maximum atomic E-state index is 5.89. The van der Waals surface area contributed by atoms with Crippen molar-refractivity contribution in [2.45, 2.75) is 58.8 Å². The molecule has 2 aliphatic carbocycles. The van der Waals surface area contributed by atoms with Crippen molar-refractivity contribution in [2.24, 2.45) is 0 Å². The molecular formula is C18H23Br2ClN4O. The summed E-state index contributed by atoms with van der Waals surface area (Å²) < 4.78 is 6.94. The van der Waals surface area contributed by atoms with Crippen LogP contribution in [0.15, 0.2) is 8.95 Å². The third kappa shape index (κ3) is 5.14. The molecule has 0 radical (unpaired) electrons. The zero-order valence-corrected chi connectivity index (χ0v) is 18.2. The summed E-state index contributed by atoms with van der Waals surface area (Å²) in [6.07, 6.45) is 4.92. The molecule has 0 atom stereocenters. The Hall–Kier alpha value is -0.790. The number of aromatic nitrogens is 4. The minimum atomic E-state index is 0. The molecule has 2 aromatic rings. The molecule has 142 valence electrons. The predicted octanol–water partition coefficient (Wildman–Crippen LogP) is 6.15. The Labute approximate surface area is 176 Å². The van der Waals surface area contributed by atoms with Gasteiger partial charge in [0.2, 0.25) is 5.88 Å². The van der Waals surface area contributed by atoms with Gasteiger partial charge in [-0.1, -0.05) is 19.0 Å². The number of rotatable bonds is 3. The Bertz CT molecular complexity index is 795. The van der Waals surface area contributed by atoms with Gasteiger partial charge in [0.25, 0.3) is 0 Å². The SMILES string of the molecule is C.COc1nc(C)nc(C2CC2)c1Br.Cc1nc(Cl)c(Br)c(C2CC2)n1. The fourth-order valence-corrected chi connectivity index (χ4v) is 3.87. The first-order valence-electron chi connectivity index (χ1n) is 8.18. The smallest absolute Gasteiger partial charge is 0.231 e. The Morgan fingerprint density at radius 3 is 1.77 bits per heavy atom. The average Bonchev–Trinajstić information content (AvgIpc) is 3.46. The summed E-state index contributed by atoms with van der Waals surface area (Å²) in [6, 6.07) is 0.